The van der Waals surface area contributed by atoms with E-state index in [1.54, 1.807) is 19.1 Å². The fourth-order valence-corrected chi connectivity index (χ4v) is 3.27. The molecule has 2 aromatic carbocycles. The van der Waals surface area contributed by atoms with Crippen LogP contribution in [-0.4, -0.2) is 31.1 Å². The molecule has 1 amide bonds. The highest BCUT2D eigenvalue weighted by Gasteiger charge is 2.21. The maximum Gasteiger partial charge on any atom is 0.243 e. The highest BCUT2D eigenvalue weighted by molar-refractivity contribution is 7.89. The van der Waals surface area contributed by atoms with Gasteiger partial charge in [0.25, 0.3) is 0 Å². The second-order valence-electron chi connectivity index (χ2n) is 5.38. The Morgan fingerprint density at radius 3 is 2.25 bits per heavy atom. The van der Waals surface area contributed by atoms with Crippen molar-refractivity contribution in [3.63, 3.8) is 0 Å². The third kappa shape index (κ3) is 4.56. The Hall–Kier alpha value is -1.89. The van der Waals surface area contributed by atoms with Crippen molar-refractivity contribution < 1.29 is 13.2 Å². The number of sulfonamides is 1. The Balaban J connectivity index is 2.13. The average molecular weight is 367 g/mol. The van der Waals surface area contributed by atoms with Gasteiger partial charge in [-0.15, -0.1) is 11.6 Å². The first kappa shape index (κ1) is 18.4. The van der Waals surface area contributed by atoms with E-state index < -0.39 is 15.4 Å². The summed E-state index contributed by atoms with van der Waals surface area (Å²) in [4.78, 5) is 11.7. The lowest BCUT2D eigenvalue weighted by atomic mass is 10.2. The number of amides is 1. The Kier molecular flexibility index (Phi) is 5.99. The number of hydrogen-bond donors (Lipinski definition) is 1. The molecule has 2 aromatic rings. The van der Waals surface area contributed by atoms with Crippen LogP contribution in [0.2, 0.25) is 0 Å². The minimum absolute atomic E-state index is 0.165. The van der Waals surface area contributed by atoms with Gasteiger partial charge in [-0.05, 0) is 36.8 Å². The largest absolute Gasteiger partial charge is 0.325 e. The third-order valence-corrected chi connectivity index (χ3v) is 5.46. The van der Waals surface area contributed by atoms with Crippen molar-refractivity contribution in [1.29, 1.82) is 0 Å². The van der Waals surface area contributed by atoms with E-state index >= 15 is 0 Å². The highest BCUT2D eigenvalue weighted by atomic mass is 35.5. The Labute approximate surface area is 147 Å². The standard InChI is InChI=1S/C17H19ClN2O3S/c1-13(18)17(21)19-15-8-10-16(11-9-15)24(22,23)20(2)12-14-6-4-3-5-7-14/h3-11,13H,12H2,1-2H3,(H,19,21)/t13-/m0/s1. The predicted octanol–water partition coefficient (Wildman–Crippen LogP) is 3.07. The van der Waals surface area contributed by atoms with Crippen molar-refractivity contribution in [2.24, 2.45) is 0 Å². The van der Waals surface area contributed by atoms with E-state index in [2.05, 4.69) is 5.32 Å². The van der Waals surface area contributed by atoms with Gasteiger partial charge in [0, 0.05) is 19.3 Å². The van der Waals surface area contributed by atoms with Crippen molar-refractivity contribution in [3.05, 3.63) is 60.2 Å². The SMILES string of the molecule is C[C@H](Cl)C(=O)Nc1ccc(S(=O)(=O)N(C)Cc2ccccc2)cc1. The molecule has 0 spiro atoms. The molecule has 0 bridgehead atoms. The molecule has 7 heteroatoms. The van der Waals surface area contributed by atoms with Gasteiger partial charge in [-0.25, -0.2) is 8.42 Å². The van der Waals surface area contributed by atoms with Crippen LogP contribution in [-0.2, 0) is 21.4 Å². The second-order valence-corrected chi connectivity index (χ2v) is 8.08. The molecule has 0 fully saturated rings. The molecule has 0 unspecified atom stereocenters. The van der Waals surface area contributed by atoms with Crippen LogP contribution < -0.4 is 5.32 Å². The lowest BCUT2D eigenvalue weighted by Crippen LogP contribution is -2.26. The number of halogens is 1. The second kappa shape index (κ2) is 7.79. The van der Waals surface area contributed by atoms with Gasteiger partial charge in [0.1, 0.15) is 5.38 Å². The molecule has 0 heterocycles. The molecular weight excluding hydrogens is 348 g/mol. The molecule has 24 heavy (non-hydrogen) atoms. The van der Waals surface area contributed by atoms with Gasteiger partial charge in [-0.2, -0.15) is 4.31 Å². The third-order valence-electron chi connectivity index (χ3n) is 3.44. The summed E-state index contributed by atoms with van der Waals surface area (Å²) in [6, 6.07) is 15.4. The van der Waals surface area contributed by atoms with Crippen LogP contribution in [0.15, 0.2) is 59.5 Å². The van der Waals surface area contributed by atoms with Crippen molar-refractivity contribution in [2.45, 2.75) is 23.7 Å². The quantitative estimate of drug-likeness (QED) is 0.799. The predicted molar refractivity (Wildman–Crippen MR) is 95.5 cm³/mol. The Bertz CT molecular complexity index is 790. The maximum absolute atomic E-state index is 12.6. The van der Waals surface area contributed by atoms with Gasteiger partial charge in [-0.1, -0.05) is 30.3 Å². The summed E-state index contributed by atoms with van der Waals surface area (Å²) in [5.74, 6) is -0.339. The van der Waals surface area contributed by atoms with Crippen LogP contribution in [0.25, 0.3) is 0 Å². The summed E-state index contributed by atoms with van der Waals surface area (Å²) in [6.45, 7) is 1.85. The van der Waals surface area contributed by atoms with E-state index in [1.165, 1.54) is 23.5 Å². The number of carbonyl (C=O) groups is 1. The van der Waals surface area contributed by atoms with Crippen molar-refractivity contribution in [1.82, 2.24) is 4.31 Å². The van der Waals surface area contributed by atoms with E-state index in [1.807, 2.05) is 30.3 Å². The minimum atomic E-state index is -3.60. The monoisotopic (exact) mass is 366 g/mol. The van der Waals surface area contributed by atoms with Gasteiger partial charge in [0.2, 0.25) is 15.9 Å². The van der Waals surface area contributed by atoms with Gasteiger partial charge < -0.3 is 5.32 Å². The summed E-state index contributed by atoms with van der Waals surface area (Å²) < 4.78 is 26.5. The summed E-state index contributed by atoms with van der Waals surface area (Å²) in [5.41, 5.74) is 1.40. The number of anilines is 1. The smallest absolute Gasteiger partial charge is 0.243 e. The number of nitrogens with one attached hydrogen (secondary N) is 1. The van der Waals surface area contributed by atoms with E-state index in [0.717, 1.165) is 5.56 Å². The van der Waals surface area contributed by atoms with Crippen LogP contribution in [0.5, 0.6) is 0 Å². The normalized spacial score (nSPS) is 12.8. The van der Waals surface area contributed by atoms with E-state index in [-0.39, 0.29) is 17.3 Å². The van der Waals surface area contributed by atoms with E-state index in [0.29, 0.717) is 5.69 Å². The lowest BCUT2D eigenvalue weighted by Gasteiger charge is -2.17. The summed E-state index contributed by atoms with van der Waals surface area (Å²) in [7, 11) is -2.07. The number of carbonyl (C=O) groups excluding carboxylic acids is 1. The molecule has 0 aromatic heterocycles. The number of nitrogens with zero attached hydrogens (tertiary/aromatic N) is 1. The first-order valence-electron chi connectivity index (χ1n) is 7.36. The van der Waals surface area contributed by atoms with Crippen molar-refractivity contribution >= 4 is 33.2 Å². The molecule has 5 nitrogen and oxygen atoms in total. The number of alkyl halides is 1. The zero-order valence-corrected chi connectivity index (χ0v) is 15.0. The van der Waals surface area contributed by atoms with Crippen LogP contribution in [0.4, 0.5) is 5.69 Å². The zero-order valence-electron chi connectivity index (χ0n) is 13.4. The van der Waals surface area contributed by atoms with Gasteiger partial charge >= 0.3 is 0 Å². The van der Waals surface area contributed by atoms with Crippen LogP contribution in [0.1, 0.15) is 12.5 Å². The number of rotatable bonds is 6. The molecule has 1 atom stereocenters. The molecule has 0 aliphatic rings. The van der Waals surface area contributed by atoms with Crippen LogP contribution in [0.3, 0.4) is 0 Å². The number of benzene rings is 2. The molecule has 0 radical (unpaired) electrons. The average Bonchev–Trinajstić information content (AvgIpc) is 2.56. The zero-order chi connectivity index (χ0) is 17.7. The molecule has 0 saturated heterocycles. The lowest BCUT2D eigenvalue weighted by molar-refractivity contribution is -0.115. The van der Waals surface area contributed by atoms with E-state index in [9.17, 15) is 13.2 Å². The highest BCUT2D eigenvalue weighted by Crippen LogP contribution is 2.19. The molecular formula is C17H19ClN2O3S. The summed E-state index contributed by atoms with van der Waals surface area (Å²) in [6.07, 6.45) is 0. The van der Waals surface area contributed by atoms with Gasteiger partial charge in [-0.3, -0.25) is 4.79 Å². The topological polar surface area (TPSA) is 66.5 Å². The molecule has 0 aliphatic carbocycles. The Morgan fingerprint density at radius 1 is 1.12 bits per heavy atom. The molecule has 0 saturated carbocycles. The number of hydrogen-bond acceptors (Lipinski definition) is 3. The summed E-state index contributed by atoms with van der Waals surface area (Å²) >= 11 is 5.69. The van der Waals surface area contributed by atoms with Gasteiger partial charge in [0.05, 0.1) is 4.90 Å². The van der Waals surface area contributed by atoms with Crippen LogP contribution in [0, 0.1) is 0 Å². The Morgan fingerprint density at radius 2 is 1.71 bits per heavy atom. The molecule has 1 N–H and O–H groups in total. The summed E-state index contributed by atoms with van der Waals surface area (Å²) in [5, 5.41) is 1.95. The first-order chi connectivity index (χ1) is 11.3. The van der Waals surface area contributed by atoms with Crippen molar-refractivity contribution in [3.8, 4) is 0 Å². The minimum Gasteiger partial charge on any atom is -0.325 e. The molecule has 128 valence electrons. The maximum atomic E-state index is 12.6. The first-order valence-corrected chi connectivity index (χ1v) is 9.23. The fourth-order valence-electron chi connectivity index (χ4n) is 2.06. The van der Waals surface area contributed by atoms with Crippen molar-refractivity contribution in [2.75, 3.05) is 12.4 Å². The fraction of sp³-hybridized carbons (Fsp3) is 0.235. The van der Waals surface area contributed by atoms with E-state index in [4.69, 9.17) is 11.6 Å². The molecule has 0 aliphatic heterocycles. The van der Waals surface area contributed by atoms with Gasteiger partial charge in [0.15, 0.2) is 0 Å². The van der Waals surface area contributed by atoms with Crippen LogP contribution >= 0.6 is 11.6 Å². The molecule has 2 rings (SSSR count).